The summed E-state index contributed by atoms with van der Waals surface area (Å²) in [5.41, 5.74) is 0. The second-order valence-corrected chi connectivity index (χ2v) is 3.26. The zero-order valence-electron chi connectivity index (χ0n) is 6.70. The van der Waals surface area contributed by atoms with Crippen molar-refractivity contribution in [2.24, 2.45) is 0 Å². The van der Waals surface area contributed by atoms with Crippen molar-refractivity contribution >= 4 is 15.9 Å². The van der Waals surface area contributed by atoms with Crippen molar-refractivity contribution in [1.82, 2.24) is 4.98 Å². The Bertz CT molecular complexity index is 255. The molecule has 1 atom stereocenters. The van der Waals surface area contributed by atoms with Crippen molar-refractivity contribution in [3.63, 3.8) is 0 Å². The van der Waals surface area contributed by atoms with Crippen molar-refractivity contribution in [2.75, 3.05) is 6.61 Å². The minimum absolute atomic E-state index is 0.0109. The molecule has 1 rings (SSSR count). The summed E-state index contributed by atoms with van der Waals surface area (Å²) >= 11 is 3.28. The van der Waals surface area contributed by atoms with Crippen LogP contribution in [-0.4, -0.2) is 22.8 Å². The molecule has 0 radical (unpaired) electrons. The van der Waals surface area contributed by atoms with Gasteiger partial charge in [0, 0.05) is 6.20 Å². The Hall–Kier alpha value is -0.610. The molecular weight excluding hydrogens is 222 g/mol. The predicted octanol–water partition coefficient (Wildman–Crippen LogP) is 1.60. The van der Waals surface area contributed by atoms with Gasteiger partial charge in [0.25, 0.3) is 0 Å². The minimum atomic E-state index is -0.226. The summed E-state index contributed by atoms with van der Waals surface area (Å²) in [7, 11) is 0. The van der Waals surface area contributed by atoms with E-state index in [0.29, 0.717) is 5.88 Å². The summed E-state index contributed by atoms with van der Waals surface area (Å²) in [6.07, 6.45) is 1.42. The van der Waals surface area contributed by atoms with Crippen LogP contribution in [0.4, 0.5) is 0 Å². The van der Waals surface area contributed by atoms with Crippen LogP contribution in [0, 0.1) is 0 Å². The Morgan fingerprint density at radius 1 is 1.75 bits per heavy atom. The number of aromatic nitrogens is 1. The Morgan fingerprint density at radius 2 is 2.50 bits per heavy atom. The van der Waals surface area contributed by atoms with Gasteiger partial charge in [0.2, 0.25) is 5.88 Å². The van der Waals surface area contributed by atoms with E-state index in [1.807, 2.05) is 6.07 Å². The third-order valence-corrected chi connectivity index (χ3v) is 1.90. The van der Waals surface area contributed by atoms with E-state index in [1.165, 1.54) is 0 Å². The van der Waals surface area contributed by atoms with Crippen LogP contribution in [0.1, 0.15) is 6.92 Å². The molecule has 0 aromatic carbocycles. The van der Waals surface area contributed by atoms with E-state index in [1.54, 1.807) is 19.2 Å². The first-order valence-corrected chi connectivity index (χ1v) is 4.41. The fraction of sp³-hybridized carbons (Fsp3) is 0.375. The first-order chi connectivity index (χ1) is 5.74. The third kappa shape index (κ3) is 2.46. The number of ether oxygens (including phenoxy) is 1. The molecule has 1 N–H and O–H groups in total. The average Bonchev–Trinajstić information content (AvgIpc) is 2.09. The van der Waals surface area contributed by atoms with Gasteiger partial charge in [0.1, 0.15) is 6.10 Å². The standard InChI is InChI=1S/C8H10BrNO2/c1-6(5-11)12-8-7(9)3-2-4-10-8/h2-4,6,11H,5H2,1H3. The lowest BCUT2D eigenvalue weighted by molar-refractivity contribution is 0.124. The number of nitrogens with zero attached hydrogens (tertiary/aromatic N) is 1. The highest BCUT2D eigenvalue weighted by Crippen LogP contribution is 2.21. The van der Waals surface area contributed by atoms with E-state index in [0.717, 1.165) is 4.47 Å². The van der Waals surface area contributed by atoms with Gasteiger partial charge in [-0.2, -0.15) is 0 Å². The molecule has 1 unspecified atom stereocenters. The van der Waals surface area contributed by atoms with E-state index in [4.69, 9.17) is 9.84 Å². The van der Waals surface area contributed by atoms with E-state index in [2.05, 4.69) is 20.9 Å². The van der Waals surface area contributed by atoms with Crippen molar-refractivity contribution in [3.05, 3.63) is 22.8 Å². The Labute approximate surface area is 79.5 Å². The zero-order chi connectivity index (χ0) is 8.97. The summed E-state index contributed by atoms with van der Waals surface area (Å²) in [6, 6.07) is 3.65. The first-order valence-electron chi connectivity index (χ1n) is 3.62. The highest BCUT2D eigenvalue weighted by Gasteiger charge is 2.05. The van der Waals surface area contributed by atoms with Crippen LogP contribution < -0.4 is 4.74 Å². The summed E-state index contributed by atoms with van der Waals surface area (Å²) in [5.74, 6) is 0.513. The topological polar surface area (TPSA) is 42.4 Å². The molecule has 0 bridgehead atoms. The SMILES string of the molecule is CC(CO)Oc1ncccc1Br. The highest BCUT2D eigenvalue weighted by atomic mass is 79.9. The maximum absolute atomic E-state index is 8.72. The summed E-state index contributed by atoms with van der Waals surface area (Å²) in [5, 5.41) is 8.72. The molecule has 1 heterocycles. The lowest BCUT2D eigenvalue weighted by atomic mass is 10.4. The van der Waals surface area contributed by atoms with Gasteiger partial charge >= 0.3 is 0 Å². The Balaban J connectivity index is 2.69. The number of pyridine rings is 1. The van der Waals surface area contributed by atoms with Gasteiger partial charge in [-0.05, 0) is 35.0 Å². The number of aliphatic hydroxyl groups excluding tert-OH is 1. The molecule has 0 aliphatic rings. The van der Waals surface area contributed by atoms with Crippen LogP contribution in [0.2, 0.25) is 0 Å². The summed E-state index contributed by atoms with van der Waals surface area (Å²) in [4.78, 5) is 3.99. The van der Waals surface area contributed by atoms with Crippen molar-refractivity contribution < 1.29 is 9.84 Å². The van der Waals surface area contributed by atoms with E-state index in [-0.39, 0.29) is 12.7 Å². The molecule has 0 aliphatic carbocycles. The number of halogens is 1. The maximum atomic E-state index is 8.72. The molecule has 1 aromatic rings. The maximum Gasteiger partial charge on any atom is 0.228 e. The van der Waals surface area contributed by atoms with Gasteiger partial charge in [-0.15, -0.1) is 0 Å². The summed E-state index contributed by atoms with van der Waals surface area (Å²) < 4.78 is 6.08. The molecule has 0 amide bonds. The third-order valence-electron chi connectivity index (χ3n) is 1.29. The molecule has 66 valence electrons. The van der Waals surface area contributed by atoms with Gasteiger partial charge in [0.15, 0.2) is 0 Å². The molecular formula is C8H10BrNO2. The molecule has 0 spiro atoms. The van der Waals surface area contributed by atoms with Gasteiger partial charge in [-0.1, -0.05) is 0 Å². The summed E-state index contributed by atoms with van der Waals surface area (Å²) in [6.45, 7) is 1.77. The van der Waals surface area contributed by atoms with Crippen molar-refractivity contribution in [1.29, 1.82) is 0 Å². The fourth-order valence-corrected chi connectivity index (χ4v) is 1.03. The van der Waals surface area contributed by atoms with Crippen LogP contribution in [0.15, 0.2) is 22.8 Å². The lowest BCUT2D eigenvalue weighted by Gasteiger charge is -2.11. The monoisotopic (exact) mass is 231 g/mol. The van der Waals surface area contributed by atoms with Crippen LogP contribution >= 0.6 is 15.9 Å². The number of aliphatic hydroxyl groups is 1. The Morgan fingerprint density at radius 3 is 3.08 bits per heavy atom. The zero-order valence-corrected chi connectivity index (χ0v) is 8.28. The van der Waals surface area contributed by atoms with E-state index >= 15 is 0 Å². The van der Waals surface area contributed by atoms with Crippen LogP contribution in [0.25, 0.3) is 0 Å². The largest absolute Gasteiger partial charge is 0.471 e. The van der Waals surface area contributed by atoms with Crippen molar-refractivity contribution in [3.8, 4) is 5.88 Å². The molecule has 0 fully saturated rings. The van der Waals surface area contributed by atoms with E-state index in [9.17, 15) is 0 Å². The minimum Gasteiger partial charge on any atom is -0.471 e. The smallest absolute Gasteiger partial charge is 0.228 e. The average molecular weight is 232 g/mol. The van der Waals surface area contributed by atoms with Crippen molar-refractivity contribution in [2.45, 2.75) is 13.0 Å². The quantitative estimate of drug-likeness (QED) is 0.860. The molecule has 1 aromatic heterocycles. The molecule has 3 nitrogen and oxygen atoms in total. The van der Waals surface area contributed by atoms with Gasteiger partial charge in [-0.3, -0.25) is 0 Å². The molecule has 0 saturated heterocycles. The molecule has 12 heavy (non-hydrogen) atoms. The second-order valence-electron chi connectivity index (χ2n) is 2.40. The Kier molecular flexibility index (Phi) is 3.49. The van der Waals surface area contributed by atoms with Gasteiger partial charge in [-0.25, -0.2) is 4.98 Å². The van der Waals surface area contributed by atoms with Crippen LogP contribution in [-0.2, 0) is 0 Å². The van der Waals surface area contributed by atoms with Gasteiger partial charge < -0.3 is 9.84 Å². The van der Waals surface area contributed by atoms with Gasteiger partial charge in [0.05, 0.1) is 11.1 Å². The molecule has 0 saturated carbocycles. The lowest BCUT2D eigenvalue weighted by Crippen LogP contribution is -2.17. The van der Waals surface area contributed by atoms with Crippen LogP contribution in [0.5, 0.6) is 5.88 Å². The number of hydrogen-bond donors (Lipinski definition) is 1. The number of rotatable bonds is 3. The highest BCUT2D eigenvalue weighted by molar-refractivity contribution is 9.10. The first kappa shape index (κ1) is 9.48. The predicted molar refractivity (Wildman–Crippen MR) is 49.1 cm³/mol. The molecule has 0 aliphatic heterocycles. The number of hydrogen-bond acceptors (Lipinski definition) is 3. The normalized spacial score (nSPS) is 12.6. The second kappa shape index (κ2) is 4.42. The van der Waals surface area contributed by atoms with Crippen LogP contribution in [0.3, 0.4) is 0 Å². The molecule has 4 heteroatoms. The van der Waals surface area contributed by atoms with E-state index < -0.39 is 0 Å². The fourth-order valence-electron chi connectivity index (χ4n) is 0.686.